The van der Waals surface area contributed by atoms with Gasteiger partial charge in [0.15, 0.2) is 5.43 Å². The average Bonchev–Trinajstić information content (AvgIpc) is 3.20. The topological polar surface area (TPSA) is 144 Å². The van der Waals surface area contributed by atoms with Crippen molar-refractivity contribution in [2.75, 3.05) is 6.54 Å². The highest BCUT2D eigenvalue weighted by Gasteiger charge is 2.14. The molecule has 0 atom stereocenters. The first-order valence-electron chi connectivity index (χ1n) is 10.2. The van der Waals surface area contributed by atoms with Gasteiger partial charge in [-0.15, -0.1) is 0 Å². The third-order valence-corrected chi connectivity index (χ3v) is 6.56. The molecule has 0 bridgehead atoms. The van der Waals surface area contributed by atoms with Crippen molar-refractivity contribution in [3.63, 3.8) is 0 Å². The van der Waals surface area contributed by atoms with Crippen molar-refractivity contribution in [1.29, 1.82) is 0 Å². The molecule has 0 spiro atoms. The molecular formula is C23H23N7O3S. The van der Waals surface area contributed by atoms with E-state index in [9.17, 15) is 13.2 Å². The number of nitrogens with zero attached hydrogens (tertiary/aromatic N) is 4. The van der Waals surface area contributed by atoms with Crippen LogP contribution in [0.3, 0.4) is 0 Å². The van der Waals surface area contributed by atoms with Gasteiger partial charge in [0.05, 0.1) is 29.7 Å². The van der Waals surface area contributed by atoms with Crippen LogP contribution in [-0.2, 0) is 22.8 Å². The number of sulfonamides is 1. The quantitative estimate of drug-likeness (QED) is 0.198. The van der Waals surface area contributed by atoms with Crippen LogP contribution < -0.4 is 21.4 Å². The molecule has 0 aliphatic heterocycles. The van der Waals surface area contributed by atoms with E-state index < -0.39 is 10.0 Å². The Kier molecular flexibility index (Phi) is 6.50. The molecule has 0 aliphatic carbocycles. The van der Waals surface area contributed by atoms with E-state index in [4.69, 9.17) is 5.84 Å². The van der Waals surface area contributed by atoms with Crippen LogP contribution in [0.1, 0.15) is 5.56 Å². The largest absolute Gasteiger partial charge is 0.330 e. The third-order valence-electron chi connectivity index (χ3n) is 5.27. The second-order valence-corrected chi connectivity index (χ2v) is 9.49. The fourth-order valence-corrected chi connectivity index (χ4v) is 4.66. The van der Waals surface area contributed by atoms with Crippen LogP contribution in [0.2, 0.25) is 0 Å². The highest BCUT2D eigenvalue weighted by atomic mass is 32.2. The van der Waals surface area contributed by atoms with E-state index >= 15 is 0 Å². The van der Waals surface area contributed by atoms with Crippen molar-refractivity contribution in [3.05, 3.63) is 82.7 Å². The zero-order chi connectivity index (χ0) is 24.3. The molecule has 0 unspecified atom stereocenters. The van der Waals surface area contributed by atoms with Gasteiger partial charge in [0, 0.05) is 47.5 Å². The predicted molar refractivity (Wildman–Crippen MR) is 133 cm³/mol. The Morgan fingerprint density at radius 2 is 1.97 bits per heavy atom. The second kappa shape index (κ2) is 9.51. The Hall–Kier alpha value is -3.93. The van der Waals surface area contributed by atoms with Gasteiger partial charge in [0.1, 0.15) is 0 Å². The lowest BCUT2D eigenvalue weighted by Gasteiger charge is -2.07. The number of nitrogens with two attached hydrogens (primary N) is 1. The third kappa shape index (κ3) is 5.01. The molecule has 0 amide bonds. The van der Waals surface area contributed by atoms with Gasteiger partial charge in [-0.25, -0.2) is 13.1 Å². The van der Waals surface area contributed by atoms with Gasteiger partial charge in [-0.1, -0.05) is 18.2 Å². The summed E-state index contributed by atoms with van der Waals surface area (Å²) in [5, 5.41) is 5.71. The Bertz CT molecular complexity index is 1590. The van der Waals surface area contributed by atoms with E-state index in [0.717, 1.165) is 11.1 Å². The maximum absolute atomic E-state index is 13.4. The smallest absolute Gasteiger partial charge is 0.216 e. The number of nitrogens with one attached hydrogen (secondary N) is 2. The first kappa shape index (κ1) is 23.2. The molecule has 4 rings (SSSR count). The molecular weight excluding hydrogens is 454 g/mol. The minimum atomic E-state index is -3.71. The summed E-state index contributed by atoms with van der Waals surface area (Å²) in [6.45, 7) is 3.30. The van der Waals surface area contributed by atoms with Crippen molar-refractivity contribution in [2.24, 2.45) is 17.9 Å². The number of aliphatic imine (C=N–C) groups is 1. The predicted octanol–water partition coefficient (Wildman–Crippen LogP) is 1.57. The summed E-state index contributed by atoms with van der Waals surface area (Å²) >= 11 is 0. The minimum absolute atomic E-state index is 0.0706. The summed E-state index contributed by atoms with van der Waals surface area (Å²) < 4.78 is 29.3. The molecule has 0 fully saturated rings. The van der Waals surface area contributed by atoms with Crippen LogP contribution in [0, 0.1) is 0 Å². The second-order valence-electron chi connectivity index (χ2n) is 7.68. The van der Waals surface area contributed by atoms with Crippen molar-refractivity contribution < 1.29 is 8.42 Å². The maximum Gasteiger partial charge on any atom is 0.216 e. The number of benzene rings is 1. The van der Waals surface area contributed by atoms with Gasteiger partial charge in [-0.05, 0) is 35.9 Å². The van der Waals surface area contributed by atoms with Gasteiger partial charge in [0.25, 0.3) is 0 Å². The fourth-order valence-electron chi connectivity index (χ4n) is 3.57. The summed E-state index contributed by atoms with van der Waals surface area (Å²) in [6.07, 6.45) is 6.59. The number of fused-ring (bicyclic) bond motifs is 2. The van der Waals surface area contributed by atoms with E-state index in [1.807, 2.05) is 13.2 Å². The first-order valence-corrected chi connectivity index (χ1v) is 11.9. The number of aromatic nitrogens is 3. The number of aryl methyl sites for hydroxylation is 1. The molecule has 4 N–H and O–H groups in total. The number of rotatable bonds is 8. The molecule has 4 aromatic rings. The molecule has 2 aromatic heterocycles. The van der Waals surface area contributed by atoms with Crippen LogP contribution in [0.5, 0.6) is 0 Å². The van der Waals surface area contributed by atoms with E-state index in [1.165, 1.54) is 6.20 Å². The lowest BCUT2D eigenvalue weighted by Crippen LogP contribution is -2.28. The van der Waals surface area contributed by atoms with Crippen LogP contribution in [-0.4, -0.2) is 36.4 Å². The van der Waals surface area contributed by atoms with Crippen molar-refractivity contribution >= 4 is 38.4 Å². The number of hydrogen-bond acceptors (Lipinski definition) is 8. The zero-order valence-corrected chi connectivity index (χ0v) is 19.2. The molecule has 0 aliphatic rings. The minimum Gasteiger partial charge on any atom is -0.330 e. The maximum atomic E-state index is 13.4. The number of pyridine rings is 1. The lowest BCUT2D eigenvalue weighted by atomic mass is 10.1. The molecule has 2 heterocycles. The number of hydrogen-bond donors (Lipinski definition) is 3. The monoisotopic (exact) mass is 477 g/mol. The van der Waals surface area contributed by atoms with Gasteiger partial charge in [-0.2, -0.15) is 5.10 Å². The molecule has 11 heteroatoms. The molecule has 174 valence electrons. The van der Waals surface area contributed by atoms with E-state index in [1.54, 1.807) is 53.5 Å². The summed E-state index contributed by atoms with van der Waals surface area (Å²) in [5.74, 6) is 4.89. The standard InChI is InChI=1S/C23H23N7O3S/c1-25-19(11-27-24)12-29-34(32,33)14-15-3-4-16-5-6-22-21(23(31)20(16)7-15)8-17(9-26-22)18-10-28-30(2)13-18/h3-11,13,27,29H,1,12,14,24H2,2H3/b19-11-. The lowest BCUT2D eigenvalue weighted by molar-refractivity contribution is 0.583. The molecule has 0 saturated heterocycles. The number of hydrazine groups is 1. The Labute approximate surface area is 195 Å². The van der Waals surface area contributed by atoms with Crippen molar-refractivity contribution in [3.8, 4) is 11.1 Å². The van der Waals surface area contributed by atoms with E-state index in [0.29, 0.717) is 32.9 Å². The van der Waals surface area contributed by atoms with Gasteiger partial charge in [-0.3, -0.25) is 25.3 Å². The Balaban J connectivity index is 1.72. The van der Waals surface area contributed by atoms with Crippen LogP contribution in [0.25, 0.3) is 32.8 Å². The molecule has 34 heavy (non-hydrogen) atoms. The molecule has 0 radical (unpaired) electrons. The Morgan fingerprint density at radius 1 is 1.18 bits per heavy atom. The Morgan fingerprint density at radius 3 is 2.68 bits per heavy atom. The molecule has 2 aromatic carbocycles. The molecule has 10 nitrogen and oxygen atoms in total. The van der Waals surface area contributed by atoms with Gasteiger partial charge in [0.2, 0.25) is 10.0 Å². The van der Waals surface area contributed by atoms with Crippen LogP contribution in [0.15, 0.2) is 76.7 Å². The fraction of sp³-hybridized carbons (Fsp3) is 0.130. The first-order chi connectivity index (χ1) is 16.3. The van der Waals surface area contributed by atoms with Gasteiger partial charge < -0.3 is 5.43 Å². The molecule has 0 saturated carbocycles. The van der Waals surface area contributed by atoms with Crippen molar-refractivity contribution in [2.45, 2.75) is 5.75 Å². The van der Waals surface area contributed by atoms with Crippen molar-refractivity contribution in [1.82, 2.24) is 24.9 Å². The normalized spacial score (nSPS) is 12.2. The summed E-state index contributed by atoms with van der Waals surface area (Å²) in [7, 11) is -1.90. The zero-order valence-electron chi connectivity index (χ0n) is 18.4. The average molecular weight is 478 g/mol. The summed E-state index contributed by atoms with van der Waals surface area (Å²) in [4.78, 5) is 21.6. The highest BCUT2D eigenvalue weighted by molar-refractivity contribution is 7.88. The van der Waals surface area contributed by atoms with Gasteiger partial charge >= 0.3 is 0 Å². The SMILES string of the molecule is C=N/C(=C\NN)CNS(=O)(=O)Cc1ccc2ccc3ncc(-c4cnn(C)c4)cc3c(=O)c2c1. The summed E-state index contributed by atoms with van der Waals surface area (Å²) in [6, 6.07) is 10.4. The van der Waals surface area contributed by atoms with Crippen LogP contribution in [0.4, 0.5) is 0 Å². The van der Waals surface area contributed by atoms with E-state index in [2.05, 4.69) is 31.9 Å². The van der Waals surface area contributed by atoms with Crippen LogP contribution >= 0.6 is 0 Å². The summed E-state index contributed by atoms with van der Waals surface area (Å²) in [5.41, 5.74) is 5.04. The van der Waals surface area contributed by atoms with E-state index in [-0.39, 0.29) is 17.7 Å². The highest BCUT2D eigenvalue weighted by Crippen LogP contribution is 2.22.